The maximum atomic E-state index is 13.0. The summed E-state index contributed by atoms with van der Waals surface area (Å²) in [5.41, 5.74) is 0.469. The number of nitrogens with one attached hydrogen (secondary N) is 1. The molecule has 0 bridgehead atoms. The van der Waals surface area contributed by atoms with E-state index in [4.69, 9.17) is 23.2 Å². The second-order valence-electron chi connectivity index (χ2n) is 8.02. The van der Waals surface area contributed by atoms with E-state index < -0.39 is 16.3 Å². The maximum Gasteiger partial charge on any atom is 0.282 e. The molecule has 30 heavy (non-hydrogen) atoms. The first-order valence-corrected chi connectivity index (χ1v) is 12.6. The number of carbonyl (C=O) groups is 1. The van der Waals surface area contributed by atoms with E-state index in [-0.39, 0.29) is 11.9 Å². The number of nitrogens with zero attached hydrogens (tertiary/aromatic N) is 3. The summed E-state index contributed by atoms with van der Waals surface area (Å²) >= 11 is 12.2. The first-order chi connectivity index (χ1) is 14.2. The van der Waals surface area contributed by atoms with Gasteiger partial charge in [-0.05, 0) is 31.9 Å². The number of hydrogen-bond acceptors (Lipinski definition) is 4. The number of anilines is 1. The van der Waals surface area contributed by atoms with Gasteiger partial charge < -0.3 is 5.32 Å². The van der Waals surface area contributed by atoms with Crippen LogP contribution in [0.15, 0.2) is 18.2 Å². The molecule has 2 aliphatic rings. The maximum absolute atomic E-state index is 13.0. The fraction of sp³-hybridized carbons (Fsp3) is 0.650. The molecule has 0 radical (unpaired) electrons. The van der Waals surface area contributed by atoms with Gasteiger partial charge in [-0.25, -0.2) is 0 Å². The van der Waals surface area contributed by atoms with Crippen LogP contribution in [0.25, 0.3) is 0 Å². The Balaban J connectivity index is 1.56. The minimum absolute atomic E-state index is 0.0916. The van der Waals surface area contributed by atoms with Crippen molar-refractivity contribution < 1.29 is 13.2 Å². The number of benzene rings is 1. The summed E-state index contributed by atoms with van der Waals surface area (Å²) in [5, 5.41) is 3.50. The summed E-state index contributed by atoms with van der Waals surface area (Å²) in [6.45, 7) is 3.54. The van der Waals surface area contributed by atoms with E-state index in [1.165, 1.54) is 10.7 Å². The normalized spacial score (nSPS) is 21.0. The average molecular weight is 477 g/mol. The lowest BCUT2D eigenvalue weighted by Crippen LogP contribution is -2.57. The smallest absolute Gasteiger partial charge is 0.282 e. The molecule has 1 unspecified atom stereocenters. The molecular weight excluding hydrogens is 447 g/mol. The fourth-order valence-electron chi connectivity index (χ4n) is 4.14. The van der Waals surface area contributed by atoms with E-state index in [1.807, 2.05) is 11.8 Å². The van der Waals surface area contributed by atoms with Gasteiger partial charge in [-0.15, -0.1) is 0 Å². The van der Waals surface area contributed by atoms with E-state index in [9.17, 15) is 13.2 Å². The van der Waals surface area contributed by atoms with Gasteiger partial charge in [0.15, 0.2) is 0 Å². The zero-order valence-electron chi connectivity index (χ0n) is 17.5. The minimum Gasteiger partial charge on any atom is -0.323 e. The zero-order valence-corrected chi connectivity index (χ0v) is 19.8. The number of halogens is 2. The lowest BCUT2D eigenvalue weighted by molar-refractivity contribution is -0.121. The standard InChI is InChI=1S/C20H30Cl2N4O3S/c1-15(20(27)23-18-10-6-9-17(21)19(18)22)25-11-13-26(14-12-25)30(28,29)24(2)16-7-4-3-5-8-16/h6,9-10,15-16H,3-5,7-8,11-14H2,1-2H3,(H,23,27). The van der Waals surface area contributed by atoms with Crippen LogP contribution in [0.2, 0.25) is 10.0 Å². The third kappa shape index (κ3) is 5.29. The van der Waals surface area contributed by atoms with Crippen molar-refractivity contribution in [2.24, 2.45) is 0 Å². The van der Waals surface area contributed by atoms with E-state index in [1.54, 1.807) is 29.6 Å². The largest absolute Gasteiger partial charge is 0.323 e. The lowest BCUT2D eigenvalue weighted by Gasteiger charge is -2.40. The Labute approximate surface area is 189 Å². The van der Waals surface area contributed by atoms with Gasteiger partial charge in [0, 0.05) is 39.3 Å². The summed E-state index contributed by atoms with van der Waals surface area (Å²) in [5.74, 6) is -0.199. The summed E-state index contributed by atoms with van der Waals surface area (Å²) in [4.78, 5) is 14.7. The third-order valence-corrected chi connectivity index (χ3v) is 9.05. The van der Waals surface area contributed by atoms with Crippen molar-refractivity contribution in [3.8, 4) is 0 Å². The van der Waals surface area contributed by atoms with Crippen molar-refractivity contribution in [2.75, 3.05) is 38.5 Å². The monoisotopic (exact) mass is 476 g/mol. The van der Waals surface area contributed by atoms with Gasteiger partial charge in [-0.3, -0.25) is 9.69 Å². The Morgan fingerprint density at radius 3 is 2.40 bits per heavy atom. The van der Waals surface area contributed by atoms with Crippen LogP contribution in [0.4, 0.5) is 5.69 Å². The number of amides is 1. The van der Waals surface area contributed by atoms with Gasteiger partial charge in [-0.2, -0.15) is 17.0 Å². The summed E-state index contributed by atoms with van der Waals surface area (Å²) in [7, 11) is -1.79. The number of piperazine rings is 1. The highest BCUT2D eigenvalue weighted by Crippen LogP contribution is 2.30. The first-order valence-electron chi connectivity index (χ1n) is 10.4. The molecule has 3 rings (SSSR count). The molecule has 1 aromatic rings. The SMILES string of the molecule is CC(C(=O)Nc1cccc(Cl)c1Cl)N1CCN(S(=O)(=O)N(C)C2CCCCC2)CC1. The molecule has 1 aliphatic carbocycles. The summed E-state index contributed by atoms with van der Waals surface area (Å²) in [6, 6.07) is 4.76. The van der Waals surface area contributed by atoms with Gasteiger partial charge in [0.2, 0.25) is 5.91 Å². The van der Waals surface area contributed by atoms with Gasteiger partial charge >= 0.3 is 0 Å². The van der Waals surface area contributed by atoms with E-state index in [0.717, 1.165) is 25.7 Å². The molecule has 1 saturated carbocycles. The Morgan fingerprint density at radius 1 is 1.13 bits per heavy atom. The van der Waals surface area contributed by atoms with E-state index >= 15 is 0 Å². The van der Waals surface area contributed by atoms with Crippen LogP contribution in [-0.2, 0) is 15.0 Å². The first kappa shape index (κ1) is 23.8. The molecule has 0 spiro atoms. The molecule has 1 N–H and O–H groups in total. The highest BCUT2D eigenvalue weighted by atomic mass is 35.5. The Kier molecular flexibility index (Phi) is 8.03. The highest BCUT2D eigenvalue weighted by Gasteiger charge is 2.36. The Bertz CT molecular complexity index is 854. The lowest BCUT2D eigenvalue weighted by atomic mass is 9.96. The van der Waals surface area contributed by atoms with E-state index in [0.29, 0.717) is 41.9 Å². The predicted molar refractivity (Wildman–Crippen MR) is 121 cm³/mol. The molecule has 1 aliphatic heterocycles. The van der Waals surface area contributed by atoms with Crippen LogP contribution in [0.3, 0.4) is 0 Å². The van der Waals surface area contributed by atoms with Crippen molar-refractivity contribution in [1.29, 1.82) is 0 Å². The molecule has 1 atom stereocenters. The average Bonchev–Trinajstić information content (AvgIpc) is 2.76. The van der Waals surface area contributed by atoms with Crippen LogP contribution in [0.5, 0.6) is 0 Å². The molecule has 10 heteroatoms. The van der Waals surface area contributed by atoms with Gasteiger partial charge in [0.1, 0.15) is 0 Å². The van der Waals surface area contributed by atoms with Crippen LogP contribution in [0, 0.1) is 0 Å². The van der Waals surface area contributed by atoms with Crippen molar-refractivity contribution >= 4 is 45.0 Å². The van der Waals surface area contributed by atoms with Crippen LogP contribution < -0.4 is 5.32 Å². The Morgan fingerprint density at radius 2 is 1.77 bits per heavy atom. The van der Waals surface area contributed by atoms with Crippen molar-refractivity contribution in [1.82, 2.24) is 13.5 Å². The molecular formula is C20H30Cl2N4O3S. The van der Waals surface area contributed by atoms with Crippen molar-refractivity contribution in [3.05, 3.63) is 28.2 Å². The van der Waals surface area contributed by atoms with Crippen LogP contribution in [-0.4, -0.2) is 73.1 Å². The zero-order chi connectivity index (χ0) is 21.9. The molecule has 168 valence electrons. The van der Waals surface area contributed by atoms with Crippen LogP contribution in [0.1, 0.15) is 39.0 Å². The van der Waals surface area contributed by atoms with Gasteiger partial charge in [0.25, 0.3) is 10.2 Å². The molecule has 2 fully saturated rings. The second kappa shape index (κ2) is 10.1. The molecule has 7 nitrogen and oxygen atoms in total. The molecule has 1 saturated heterocycles. The summed E-state index contributed by atoms with van der Waals surface area (Å²) < 4.78 is 29.2. The predicted octanol–water partition coefficient (Wildman–Crippen LogP) is 3.45. The number of rotatable bonds is 6. The summed E-state index contributed by atoms with van der Waals surface area (Å²) in [6.07, 6.45) is 5.21. The van der Waals surface area contributed by atoms with Crippen molar-refractivity contribution in [3.63, 3.8) is 0 Å². The molecule has 1 amide bonds. The number of hydrogen-bond donors (Lipinski definition) is 1. The van der Waals surface area contributed by atoms with E-state index in [2.05, 4.69) is 5.32 Å². The molecule has 0 aromatic heterocycles. The number of carbonyl (C=O) groups excluding carboxylic acids is 1. The third-order valence-electron chi connectivity index (χ3n) is 6.19. The fourth-order valence-corrected chi connectivity index (χ4v) is 6.06. The quantitative estimate of drug-likeness (QED) is 0.682. The van der Waals surface area contributed by atoms with Crippen molar-refractivity contribution in [2.45, 2.75) is 51.1 Å². The topological polar surface area (TPSA) is 73.0 Å². The van der Waals surface area contributed by atoms with Gasteiger partial charge in [-0.1, -0.05) is 48.5 Å². The highest BCUT2D eigenvalue weighted by molar-refractivity contribution is 7.86. The second-order valence-corrected chi connectivity index (χ2v) is 10.8. The molecule has 1 heterocycles. The minimum atomic E-state index is -3.48. The Hall–Kier alpha value is -0.900. The molecule has 1 aromatic carbocycles. The van der Waals surface area contributed by atoms with Gasteiger partial charge in [0.05, 0.1) is 21.8 Å². The van der Waals surface area contributed by atoms with Crippen LogP contribution >= 0.6 is 23.2 Å².